The molecule has 0 radical (unpaired) electrons. The van der Waals surface area contributed by atoms with E-state index in [0.29, 0.717) is 5.56 Å². The van der Waals surface area contributed by atoms with Gasteiger partial charge in [0.05, 0.1) is 16.6 Å². The van der Waals surface area contributed by atoms with Crippen molar-refractivity contribution in [2.24, 2.45) is 0 Å². The Kier molecular flexibility index (Phi) is 6.54. The number of halogens is 1. The standard InChI is InChI=1S/C18H23ClN2O6/c1-18(2,3)27-17(25)21-14(9-26-16(24)20-11-5-6-11)10-4-7-13(19)12(8-10)15(22)23/h4,7-8,11,14H,5-6,9H2,1-3H3,(H,20,24)(H,21,25)(H,22,23). The van der Waals surface area contributed by atoms with Crippen molar-refractivity contribution in [2.45, 2.75) is 51.3 Å². The summed E-state index contributed by atoms with van der Waals surface area (Å²) >= 11 is 5.89. The van der Waals surface area contributed by atoms with Crippen molar-refractivity contribution in [1.82, 2.24) is 10.6 Å². The van der Waals surface area contributed by atoms with Crippen LogP contribution in [0.3, 0.4) is 0 Å². The van der Waals surface area contributed by atoms with Crippen LogP contribution in [0.25, 0.3) is 0 Å². The van der Waals surface area contributed by atoms with E-state index in [0.717, 1.165) is 12.8 Å². The van der Waals surface area contributed by atoms with Gasteiger partial charge in [-0.2, -0.15) is 0 Å². The van der Waals surface area contributed by atoms with Crippen molar-refractivity contribution in [3.05, 3.63) is 34.3 Å². The maximum atomic E-state index is 12.1. The summed E-state index contributed by atoms with van der Waals surface area (Å²) in [6.07, 6.45) is 0.508. The number of nitrogens with one attached hydrogen (secondary N) is 2. The van der Waals surface area contributed by atoms with Crippen LogP contribution in [0.5, 0.6) is 0 Å². The molecule has 1 aliphatic rings. The Morgan fingerprint density at radius 1 is 1.26 bits per heavy atom. The molecule has 1 unspecified atom stereocenters. The molecule has 1 atom stereocenters. The predicted octanol–water partition coefficient (Wildman–Crippen LogP) is 3.49. The summed E-state index contributed by atoms with van der Waals surface area (Å²) in [4.78, 5) is 35.2. The Bertz CT molecular complexity index is 727. The van der Waals surface area contributed by atoms with E-state index in [-0.39, 0.29) is 23.2 Å². The SMILES string of the molecule is CC(C)(C)OC(=O)NC(COC(=O)NC1CC1)c1ccc(Cl)c(C(=O)O)c1. The molecule has 0 aliphatic heterocycles. The van der Waals surface area contributed by atoms with E-state index in [2.05, 4.69) is 10.6 Å². The van der Waals surface area contributed by atoms with Crippen molar-refractivity contribution < 1.29 is 29.0 Å². The molecule has 148 valence electrons. The van der Waals surface area contributed by atoms with Crippen molar-refractivity contribution in [2.75, 3.05) is 6.61 Å². The van der Waals surface area contributed by atoms with Gasteiger partial charge in [-0.05, 0) is 51.3 Å². The topological polar surface area (TPSA) is 114 Å². The molecular weight excluding hydrogens is 376 g/mol. The van der Waals surface area contributed by atoms with Gasteiger partial charge in [0.2, 0.25) is 0 Å². The lowest BCUT2D eigenvalue weighted by Gasteiger charge is -2.24. The van der Waals surface area contributed by atoms with Gasteiger partial charge in [-0.15, -0.1) is 0 Å². The van der Waals surface area contributed by atoms with Gasteiger partial charge in [0.25, 0.3) is 0 Å². The van der Waals surface area contributed by atoms with Crippen LogP contribution in [0.4, 0.5) is 9.59 Å². The van der Waals surface area contributed by atoms with Gasteiger partial charge in [0.1, 0.15) is 12.2 Å². The summed E-state index contributed by atoms with van der Waals surface area (Å²) in [7, 11) is 0. The van der Waals surface area contributed by atoms with Gasteiger partial charge < -0.3 is 25.2 Å². The van der Waals surface area contributed by atoms with Crippen molar-refractivity contribution in [3.63, 3.8) is 0 Å². The fourth-order valence-electron chi connectivity index (χ4n) is 2.19. The molecular formula is C18H23ClN2O6. The average molecular weight is 399 g/mol. The van der Waals surface area contributed by atoms with Crippen LogP contribution in [0.15, 0.2) is 18.2 Å². The van der Waals surface area contributed by atoms with Gasteiger partial charge >= 0.3 is 18.2 Å². The Hall–Kier alpha value is -2.48. The van der Waals surface area contributed by atoms with E-state index < -0.39 is 29.8 Å². The number of carboxylic acid groups (broad SMARTS) is 1. The highest BCUT2D eigenvalue weighted by molar-refractivity contribution is 6.33. The number of hydrogen-bond donors (Lipinski definition) is 3. The Morgan fingerprint density at radius 3 is 2.48 bits per heavy atom. The maximum Gasteiger partial charge on any atom is 0.408 e. The number of alkyl carbamates (subject to hydrolysis) is 2. The van der Waals surface area contributed by atoms with Crippen LogP contribution in [0.2, 0.25) is 5.02 Å². The largest absolute Gasteiger partial charge is 0.478 e. The number of benzene rings is 1. The summed E-state index contributed by atoms with van der Waals surface area (Å²) in [5, 5.41) is 14.6. The summed E-state index contributed by atoms with van der Waals surface area (Å²) in [5.41, 5.74) is -0.417. The van der Waals surface area contributed by atoms with Gasteiger partial charge in [0, 0.05) is 6.04 Å². The zero-order valence-electron chi connectivity index (χ0n) is 15.4. The van der Waals surface area contributed by atoms with Crippen LogP contribution in [-0.4, -0.2) is 41.5 Å². The molecule has 0 aromatic heterocycles. The summed E-state index contributed by atoms with van der Waals surface area (Å²) < 4.78 is 10.4. The second kappa shape index (κ2) is 8.47. The third-order valence-corrected chi connectivity index (χ3v) is 3.92. The summed E-state index contributed by atoms with van der Waals surface area (Å²) in [6, 6.07) is 3.62. The molecule has 0 saturated heterocycles. The maximum absolute atomic E-state index is 12.1. The van der Waals surface area contributed by atoms with Gasteiger partial charge in [-0.1, -0.05) is 17.7 Å². The summed E-state index contributed by atoms with van der Waals surface area (Å²) in [5.74, 6) is -1.20. The van der Waals surface area contributed by atoms with Gasteiger partial charge in [-0.3, -0.25) is 0 Å². The lowest BCUT2D eigenvalue weighted by Crippen LogP contribution is -2.38. The first-order valence-corrected chi connectivity index (χ1v) is 8.88. The zero-order chi connectivity index (χ0) is 20.2. The molecule has 0 bridgehead atoms. The molecule has 0 heterocycles. The fraction of sp³-hybridized carbons (Fsp3) is 0.500. The van der Waals surface area contributed by atoms with Crippen LogP contribution >= 0.6 is 11.6 Å². The molecule has 27 heavy (non-hydrogen) atoms. The van der Waals surface area contributed by atoms with Crippen molar-refractivity contribution in [3.8, 4) is 0 Å². The average Bonchev–Trinajstić information content (AvgIpc) is 3.33. The number of carboxylic acids is 1. The molecule has 0 spiro atoms. The van der Waals surface area contributed by atoms with Crippen LogP contribution < -0.4 is 10.6 Å². The smallest absolute Gasteiger partial charge is 0.408 e. The third kappa shape index (κ3) is 6.97. The molecule has 1 aromatic carbocycles. The van der Waals surface area contributed by atoms with Crippen LogP contribution in [0.1, 0.15) is 55.6 Å². The molecule has 8 nitrogen and oxygen atoms in total. The number of carbonyl (C=O) groups is 3. The van der Waals surface area contributed by atoms with E-state index in [1.165, 1.54) is 12.1 Å². The Labute approximate surface area is 162 Å². The minimum absolute atomic E-state index is 0.0645. The quantitative estimate of drug-likeness (QED) is 0.675. The third-order valence-electron chi connectivity index (χ3n) is 3.59. The first kappa shape index (κ1) is 20.8. The second-order valence-electron chi connectivity index (χ2n) is 7.26. The first-order valence-electron chi connectivity index (χ1n) is 8.50. The lowest BCUT2D eigenvalue weighted by molar-refractivity contribution is 0.0470. The molecule has 1 aliphatic carbocycles. The molecule has 3 N–H and O–H groups in total. The van der Waals surface area contributed by atoms with E-state index in [1.54, 1.807) is 26.8 Å². The molecule has 9 heteroatoms. The molecule has 2 rings (SSSR count). The molecule has 1 saturated carbocycles. The van der Waals surface area contributed by atoms with Crippen molar-refractivity contribution in [1.29, 1.82) is 0 Å². The van der Waals surface area contributed by atoms with E-state index in [9.17, 15) is 19.5 Å². The number of aromatic carboxylic acids is 1. The highest BCUT2D eigenvalue weighted by Crippen LogP contribution is 2.23. The summed E-state index contributed by atoms with van der Waals surface area (Å²) in [6.45, 7) is 4.95. The van der Waals surface area contributed by atoms with Crippen LogP contribution in [0, 0.1) is 0 Å². The van der Waals surface area contributed by atoms with Gasteiger partial charge in [0.15, 0.2) is 0 Å². The van der Waals surface area contributed by atoms with Crippen molar-refractivity contribution >= 4 is 29.8 Å². The fourth-order valence-corrected chi connectivity index (χ4v) is 2.39. The lowest BCUT2D eigenvalue weighted by atomic mass is 10.0. The second-order valence-corrected chi connectivity index (χ2v) is 7.67. The monoisotopic (exact) mass is 398 g/mol. The van der Waals surface area contributed by atoms with E-state index in [4.69, 9.17) is 21.1 Å². The Morgan fingerprint density at radius 2 is 1.93 bits per heavy atom. The minimum Gasteiger partial charge on any atom is -0.478 e. The molecule has 2 amide bonds. The predicted molar refractivity (Wildman–Crippen MR) is 98.0 cm³/mol. The van der Waals surface area contributed by atoms with Gasteiger partial charge in [-0.25, -0.2) is 14.4 Å². The molecule has 1 aromatic rings. The number of amides is 2. The zero-order valence-corrected chi connectivity index (χ0v) is 16.1. The van der Waals surface area contributed by atoms with E-state index in [1.807, 2.05) is 0 Å². The highest BCUT2D eigenvalue weighted by Gasteiger charge is 2.26. The Balaban J connectivity index is 2.14. The minimum atomic E-state index is -1.20. The molecule has 1 fully saturated rings. The number of carbonyl (C=O) groups excluding carboxylic acids is 2. The highest BCUT2D eigenvalue weighted by atomic mass is 35.5. The first-order chi connectivity index (χ1) is 12.5. The number of hydrogen-bond acceptors (Lipinski definition) is 5. The van der Waals surface area contributed by atoms with Crippen LogP contribution in [-0.2, 0) is 9.47 Å². The number of ether oxygens (including phenoxy) is 2. The van der Waals surface area contributed by atoms with E-state index >= 15 is 0 Å². The number of rotatable bonds is 6. The normalized spacial score (nSPS) is 14.8.